The van der Waals surface area contributed by atoms with Gasteiger partial charge in [0.05, 0.1) is 42.8 Å². The zero-order valence-electron chi connectivity index (χ0n) is 48.5. The number of anilines is 3. The topological polar surface area (TPSA) is 41.1 Å². The molecule has 0 aliphatic carbocycles. The van der Waals surface area contributed by atoms with Crippen molar-refractivity contribution in [3.63, 3.8) is 0 Å². The van der Waals surface area contributed by atoms with Gasteiger partial charge in [-0.1, -0.05) is 285 Å². The molecular weight excluding hydrogens is 1140 g/mol. The summed E-state index contributed by atoms with van der Waals surface area (Å²) in [5.74, 6) is 1.48. The summed E-state index contributed by atoms with van der Waals surface area (Å²) in [5.41, 5.74) is 8.71. The van der Waals surface area contributed by atoms with Crippen LogP contribution in [0.4, 0.5) is 16.4 Å². The van der Waals surface area contributed by atoms with Crippen LogP contribution in [0.5, 0.6) is 0 Å². The van der Waals surface area contributed by atoms with Gasteiger partial charge in [0.1, 0.15) is 16.0 Å². The van der Waals surface area contributed by atoms with Crippen molar-refractivity contribution < 1.29 is 0 Å². The Kier molecular flexibility index (Phi) is 32.4. The molecule has 6 rings (SSSR count). The van der Waals surface area contributed by atoms with Gasteiger partial charge >= 0.3 is 0 Å². The van der Waals surface area contributed by atoms with Crippen LogP contribution in [0.2, 0.25) is 0 Å². The first-order valence-corrected chi connectivity index (χ1v) is 36.7. The molecule has 0 saturated heterocycles. The molecule has 1 aliphatic rings. The third-order valence-electron chi connectivity index (χ3n) is 16.8. The maximum absolute atomic E-state index is 5.02. The van der Waals surface area contributed by atoms with Gasteiger partial charge in [0.2, 0.25) is 0 Å². The average Bonchev–Trinajstić information content (AvgIpc) is 4.29. The van der Waals surface area contributed by atoms with Crippen LogP contribution >= 0.6 is 78.4 Å². The summed E-state index contributed by atoms with van der Waals surface area (Å²) in [6.45, 7) is 9.28. The van der Waals surface area contributed by atoms with Crippen LogP contribution in [0.3, 0.4) is 0 Å². The van der Waals surface area contributed by atoms with E-state index in [2.05, 4.69) is 98.9 Å². The second-order valence-corrected chi connectivity index (χ2v) is 29.3. The molecule has 0 amide bonds. The summed E-state index contributed by atoms with van der Waals surface area (Å²) >= 11 is 15.2. The molecule has 2 aromatic carbocycles. The molecule has 0 fully saturated rings. The smallest absolute Gasteiger partial charge is 0.113 e. The van der Waals surface area contributed by atoms with Crippen molar-refractivity contribution in [1.29, 1.82) is 0 Å². The van der Waals surface area contributed by atoms with Crippen molar-refractivity contribution in [2.75, 3.05) is 9.03 Å². The summed E-state index contributed by atoms with van der Waals surface area (Å²) in [6, 6.07) is 12.0. The van der Waals surface area contributed by atoms with Crippen LogP contribution < -0.4 is 9.03 Å². The molecule has 0 saturated carbocycles. The molecule has 2 unspecified atom stereocenters. The predicted molar refractivity (Wildman–Crippen MR) is 353 cm³/mol. The average molecular weight is 1240 g/mol. The van der Waals surface area contributed by atoms with Crippen molar-refractivity contribution in [3.8, 4) is 10.4 Å². The third-order valence-corrected chi connectivity index (χ3v) is 22.3. The number of aromatic nitrogens is 2. The molecule has 3 aromatic heterocycles. The van der Waals surface area contributed by atoms with Gasteiger partial charge < -0.3 is 4.72 Å². The number of hydrogen-bond donors (Lipinski definition) is 1. The van der Waals surface area contributed by atoms with Crippen LogP contribution in [0.25, 0.3) is 32.2 Å². The Morgan fingerprint density at radius 1 is 0.474 bits per heavy atom. The largest absolute Gasteiger partial charge is 0.310 e. The molecule has 426 valence electrons. The molecule has 76 heavy (non-hydrogen) atoms. The van der Waals surface area contributed by atoms with E-state index in [9.17, 15) is 0 Å². The van der Waals surface area contributed by atoms with E-state index in [0.29, 0.717) is 0 Å². The van der Waals surface area contributed by atoms with Gasteiger partial charge in [-0.25, -0.2) is 0 Å². The highest BCUT2D eigenvalue weighted by molar-refractivity contribution is 9.11. The maximum Gasteiger partial charge on any atom is 0.113 e. The maximum atomic E-state index is 5.02. The van der Waals surface area contributed by atoms with Crippen molar-refractivity contribution >= 4 is 117 Å². The Morgan fingerprint density at radius 2 is 0.882 bits per heavy atom. The van der Waals surface area contributed by atoms with Crippen molar-refractivity contribution in [1.82, 2.24) is 8.75 Å². The summed E-state index contributed by atoms with van der Waals surface area (Å²) in [5, 5.41) is 3.78. The molecule has 0 radical (unpaired) electrons. The van der Waals surface area contributed by atoms with E-state index in [0.717, 1.165) is 29.3 Å². The summed E-state index contributed by atoms with van der Waals surface area (Å²) < 4.78 is 18.7. The molecule has 4 heterocycles. The number of nitrogens with one attached hydrogen (secondary N) is 1. The van der Waals surface area contributed by atoms with E-state index in [4.69, 9.17) is 8.75 Å². The lowest BCUT2D eigenvalue weighted by Crippen LogP contribution is -2.06. The second-order valence-electron chi connectivity index (χ2n) is 23.3. The van der Waals surface area contributed by atoms with E-state index < -0.39 is 0 Å². The molecule has 1 N–H and O–H groups in total. The van der Waals surface area contributed by atoms with Gasteiger partial charge in [-0.2, -0.15) is 8.75 Å². The minimum Gasteiger partial charge on any atom is -0.310 e. The standard InChI is InChI=1S/C66H104Br2N4S4/c1-5-9-13-17-21-25-27-31-35-38-42-52(41-37-33-29-23-19-15-11-7-3)47-54-49-60(73-65(54)67)57-51-59-64(56-45-46-58-63(62(56)57)71-75-69-58)72(76-70-59)61-50-55(66(68)74-61)48-53(43-39-34-30-24-20-16-12-8-4)44-40-36-32-28-26-22-18-14-10-6-2/h45-46,49-53,70H,5-44,47-48H2,1-4H3. The molecule has 10 heteroatoms. The first-order valence-electron chi connectivity index (χ1n) is 32.0. The summed E-state index contributed by atoms with van der Waals surface area (Å²) in [7, 11) is 0. The van der Waals surface area contributed by atoms with Crippen LogP contribution in [0.1, 0.15) is 296 Å². The van der Waals surface area contributed by atoms with Gasteiger partial charge in [0.25, 0.3) is 0 Å². The number of fused-ring (bicyclic) bond motifs is 5. The van der Waals surface area contributed by atoms with Crippen molar-refractivity contribution in [2.24, 2.45) is 11.8 Å². The SMILES string of the molecule is CCCCCCCCCCCCC(CCCCCCCCCC)Cc1cc(-c2cc3c(c4ccc5nsnc5c24)N(c2cc(CC(CCCCCCCCCC)CCCCCCCCCCCC)c(Br)s2)SN3)sc1Br. The van der Waals surface area contributed by atoms with E-state index in [1.54, 1.807) is 12.1 Å². The van der Waals surface area contributed by atoms with Crippen molar-refractivity contribution in [3.05, 3.63) is 49.0 Å². The molecular formula is C66H104Br2N4S4. The number of nitrogens with zero attached hydrogens (tertiary/aromatic N) is 3. The quantitative estimate of drug-likeness (QED) is 0.0311. The molecule has 5 aromatic rings. The number of halogens is 2. The normalized spacial score (nSPS) is 13.4. The molecule has 1 aliphatic heterocycles. The fraction of sp³-hybridized carbons (Fsp3) is 0.727. The second kappa shape index (κ2) is 38.5. The predicted octanol–water partition coefficient (Wildman–Crippen LogP) is 26.3. The number of hydrogen-bond acceptors (Lipinski definition) is 8. The van der Waals surface area contributed by atoms with Gasteiger partial charge in [-0.15, -0.1) is 22.7 Å². The van der Waals surface area contributed by atoms with E-state index in [-0.39, 0.29) is 0 Å². The van der Waals surface area contributed by atoms with Crippen LogP contribution in [0.15, 0.2) is 37.9 Å². The lowest BCUT2D eigenvalue weighted by Gasteiger charge is -2.18. The highest BCUT2D eigenvalue weighted by atomic mass is 79.9. The molecule has 4 nitrogen and oxygen atoms in total. The fourth-order valence-electron chi connectivity index (χ4n) is 12.1. The van der Waals surface area contributed by atoms with Gasteiger partial charge in [-0.05, 0) is 98.0 Å². The van der Waals surface area contributed by atoms with Gasteiger partial charge in [-0.3, -0.25) is 4.31 Å². The number of unbranched alkanes of at least 4 members (excludes halogenated alkanes) is 32. The lowest BCUT2D eigenvalue weighted by atomic mass is 9.89. The zero-order valence-corrected chi connectivity index (χ0v) is 54.9. The number of benzene rings is 2. The highest BCUT2D eigenvalue weighted by Gasteiger charge is 2.30. The Morgan fingerprint density at radius 3 is 1.33 bits per heavy atom. The minimum absolute atomic E-state index is 0.737. The van der Waals surface area contributed by atoms with E-state index in [1.807, 2.05) is 22.7 Å². The zero-order chi connectivity index (χ0) is 53.4. The first kappa shape index (κ1) is 64.0. The van der Waals surface area contributed by atoms with Crippen LogP contribution in [-0.2, 0) is 12.8 Å². The van der Waals surface area contributed by atoms with Crippen LogP contribution in [-0.4, -0.2) is 8.75 Å². The number of thiophene rings is 2. The van der Waals surface area contributed by atoms with Gasteiger partial charge in [0, 0.05) is 21.2 Å². The Balaban J connectivity index is 1.15. The number of rotatable bonds is 46. The molecule has 0 spiro atoms. The monoisotopic (exact) mass is 1240 g/mol. The molecule has 2 atom stereocenters. The summed E-state index contributed by atoms with van der Waals surface area (Å²) in [6.07, 6.45) is 58.2. The molecule has 0 bridgehead atoms. The fourth-order valence-corrected chi connectivity index (χ4v) is 17.0. The summed E-state index contributed by atoms with van der Waals surface area (Å²) in [4.78, 5) is 1.33. The highest BCUT2D eigenvalue weighted by Crippen LogP contribution is 2.55. The van der Waals surface area contributed by atoms with Gasteiger partial charge in [0.15, 0.2) is 0 Å². The third kappa shape index (κ3) is 22.0. The van der Waals surface area contributed by atoms with Crippen molar-refractivity contribution in [2.45, 2.75) is 297 Å². The minimum atomic E-state index is 0.737. The van der Waals surface area contributed by atoms with Crippen LogP contribution in [0, 0.1) is 11.8 Å². The Hall–Kier alpha value is -1.17. The Labute approximate surface area is 499 Å². The van der Waals surface area contributed by atoms with E-state index in [1.165, 1.54) is 331 Å². The first-order chi connectivity index (χ1) is 37.4. The lowest BCUT2D eigenvalue weighted by molar-refractivity contribution is 0.400. The van der Waals surface area contributed by atoms with E-state index >= 15 is 0 Å². The Bertz CT molecular complexity index is 2300.